The molecule has 1 aromatic rings. The molecular formula is C18H23ClN2O5. The van der Waals surface area contributed by atoms with Gasteiger partial charge in [0.15, 0.2) is 6.61 Å². The Morgan fingerprint density at radius 2 is 2.04 bits per heavy atom. The van der Waals surface area contributed by atoms with E-state index >= 15 is 0 Å². The van der Waals surface area contributed by atoms with Crippen LogP contribution in [0.5, 0.6) is 5.75 Å². The zero-order valence-corrected chi connectivity index (χ0v) is 15.7. The van der Waals surface area contributed by atoms with Crippen LogP contribution in [0.3, 0.4) is 0 Å². The molecular weight excluding hydrogens is 360 g/mol. The van der Waals surface area contributed by atoms with Gasteiger partial charge >= 0.3 is 5.97 Å². The highest BCUT2D eigenvalue weighted by molar-refractivity contribution is 6.31. The molecule has 1 fully saturated rings. The van der Waals surface area contributed by atoms with E-state index in [1.807, 2.05) is 0 Å². The lowest BCUT2D eigenvalue weighted by Gasteiger charge is -2.19. The van der Waals surface area contributed by atoms with Gasteiger partial charge in [0.1, 0.15) is 12.3 Å². The Bertz CT molecular complexity index is 692. The summed E-state index contributed by atoms with van der Waals surface area (Å²) in [6, 6.07) is 3.28. The summed E-state index contributed by atoms with van der Waals surface area (Å²) < 4.78 is 10.2. The SMILES string of the molecule is COc1cc(Cl)c(C)cc1NC(=O)COC(=O)CN1CCCCCC1=O. The molecule has 1 aliphatic rings. The second-order valence-corrected chi connectivity index (χ2v) is 6.54. The third-order valence-corrected chi connectivity index (χ3v) is 4.52. The summed E-state index contributed by atoms with van der Waals surface area (Å²) in [6.07, 6.45) is 3.13. The van der Waals surface area contributed by atoms with E-state index in [2.05, 4.69) is 5.32 Å². The fourth-order valence-electron chi connectivity index (χ4n) is 2.67. The monoisotopic (exact) mass is 382 g/mol. The number of amides is 2. The molecule has 0 aliphatic carbocycles. The maximum atomic E-state index is 12.0. The van der Waals surface area contributed by atoms with Crippen LogP contribution in [0.4, 0.5) is 5.69 Å². The minimum absolute atomic E-state index is 0.0507. The summed E-state index contributed by atoms with van der Waals surface area (Å²) >= 11 is 6.03. The van der Waals surface area contributed by atoms with E-state index in [9.17, 15) is 14.4 Å². The number of likely N-dealkylation sites (tertiary alicyclic amines) is 1. The van der Waals surface area contributed by atoms with Crippen LogP contribution >= 0.6 is 11.6 Å². The summed E-state index contributed by atoms with van der Waals surface area (Å²) in [5.74, 6) is -0.740. The average molecular weight is 383 g/mol. The second kappa shape index (κ2) is 9.43. The Hall–Kier alpha value is -2.28. The van der Waals surface area contributed by atoms with Crippen LogP contribution in [-0.2, 0) is 19.1 Å². The van der Waals surface area contributed by atoms with Crippen LogP contribution in [0.2, 0.25) is 5.02 Å². The molecule has 0 atom stereocenters. The highest BCUT2D eigenvalue weighted by Gasteiger charge is 2.20. The molecule has 0 radical (unpaired) electrons. The molecule has 1 saturated heterocycles. The number of carbonyl (C=O) groups is 3. The average Bonchev–Trinajstić information content (AvgIpc) is 2.80. The van der Waals surface area contributed by atoms with Gasteiger partial charge in [0, 0.05) is 24.1 Å². The molecule has 26 heavy (non-hydrogen) atoms. The molecule has 0 aromatic heterocycles. The predicted molar refractivity (Wildman–Crippen MR) is 97.4 cm³/mol. The lowest BCUT2D eigenvalue weighted by atomic mass is 10.2. The van der Waals surface area contributed by atoms with Crippen molar-refractivity contribution in [3.63, 3.8) is 0 Å². The Morgan fingerprint density at radius 3 is 2.77 bits per heavy atom. The summed E-state index contributed by atoms with van der Waals surface area (Å²) in [7, 11) is 1.47. The molecule has 0 bridgehead atoms. The topological polar surface area (TPSA) is 84.9 Å². The van der Waals surface area contributed by atoms with E-state index < -0.39 is 18.5 Å². The maximum Gasteiger partial charge on any atom is 0.326 e. The molecule has 7 nitrogen and oxygen atoms in total. The molecule has 1 aromatic carbocycles. The first-order chi connectivity index (χ1) is 12.4. The van der Waals surface area contributed by atoms with Gasteiger partial charge in [-0.05, 0) is 31.4 Å². The number of halogens is 1. The van der Waals surface area contributed by atoms with E-state index in [4.69, 9.17) is 21.1 Å². The second-order valence-electron chi connectivity index (χ2n) is 6.14. The highest BCUT2D eigenvalue weighted by Crippen LogP contribution is 2.30. The highest BCUT2D eigenvalue weighted by atomic mass is 35.5. The van der Waals surface area contributed by atoms with Crippen LogP contribution in [0.15, 0.2) is 12.1 Å². The summed E-state index contributed by atoms with van der Waals surface area (Å²) in [5.41, 5.74) is 1.22. The zero-order chi connectivity index (χ0) is 19.1. The van der Waals surface area contributed by atoms with Crippen molar-refractivity contribution >= 4 is 35.1 Å². The van der Waals surface area contributed by atoms with Gasteiger partial charge in [-0.25, -0.2) is 0 Å². The van der Waals surface area contributed by atoms with Crippen molar-refractivity contribution in [1.29, 1.82) is 0 Å². The number of hydrogen-bond donors (Lipinski definition) is 1. The Balaban J connectivity index is 1.85. The predicted octanol–water partition coefficient (Wildman–Crippen LogP) is 2.54. The number of anilines is 1. The largest absolute Gasteiger partial charge is 0.495 e. The third-order valence-electron chi connectivity index (χ3n) is 4.11. The quantitative estimate of drug-likeness (QED) is 0.764. The number of ether oxygens (including phenoxy) is 2. The normalized spacial score (nSPS) is 14.6. The van der Waals surface area contributed by atoms with Gasteiger partial charge in [-0.15, -0.1) is 0 Å². The van der Waals surface area contributed by atoms with Gasteiger partial charge in [-0.3, -0.25) is 14.4 Å². The van der Waals surface area contributed by atoms with Gasteiger partial charge in [-0.1, -0.05) is 18.0 Å². The van der Waals surface area contributed by atoms with Gasteiger partial charge < -0.3 is 19.7 Å². The minimum Gasteiger partial charge on any atom is -0.495 e. The lowest BCUT2D eigenvalue weighted by Crippen LogP contribution is -2.36. The number of hydrogen-bond acceptors (Lipinski definition) is 5. The number of nitrogens with zero attached hydrogens (tertiary/aromatic N) is 1. The fraction of sp³-hybridized carbons (Fsp3) is 0.500. The van der Waals surface area contributed by atoms with Crippen molar-refractivity contribution in [3.8, 4) is 5.75 Å². The minimum atomic E-state index is -0.602. The summed E-state index contributed by atoms with van der Waals surface area (Å²) in [6.45, 7) is 1.78. The van der Waals surface area contributed by atoms with Crippen molar-refractivity contribution < 1.29 is 23.9 Å². The van der Waals surface area contributed by atoms with Gasteiger partial charge in [-0.2, -0.15) is 0 Å². The molecule has 142 valence electrons. The number of esters is 1. The lowest BCUT2D eigenvalue weighted by molar-refractivity contribution is -0.151. The molecule has 0 saturated carbocycles. The van der Waals surface area contributed by atoms with Gasteiger partial charge in [0.05, 0.1) is 12.8 Å². The Labute approximate surface area is 157 Å². The first-order valence-corrected chi connectivity index (χ1v) is 8.86. The van der Waals surface area contributed by atoms with Crippen molar-refractivity contribution in [2.24, 2.45) is 0 Å². The molecule has 1 N–H and O–H groups in total. The van der Waals surface area contributed by atoms with Crippen LogP contribution in [0.25, 0.3) is 0 Å². The van der Waals surface area contributed by atoms with Crippen molar-refractivity contribution in [1.82, 2.24) is 4.90 Å². The van der Waals surface area contributed by atoms with E-state index in [1.54, 1.807) is 19.1 Å². The summed E-state index contributed by atoms with van der Waals surface area (Å²) in [5, 5.41) is 3.15. The molecule has 2 amide bonds. The number of nitrogens with one attached hydrogen (secondary N) is 1. The molecule has 0 spiro atoms. The molecule has 2 rings (SSSR count). The number of benzene rings is 1. The molecule has 8 heteroatoms. The fourth-order valence-corrected chi connectivity index (χ4v) is 2.82. The smallest absolute Gasteiger partial charge is 0.326 e. The van der Waals surface area contributed by atoms with E-state index in [-0.39, 0.29) is 12.5 Å². The standard InChI is InChI=1S/C18H23ClN2O5/c1-12-8-14(15(25-2)9-13(12)19)20-16(22)11-26-18(24)10-21-7-5-3-4-6-17(21)23/h8-9H,3-7,10-11H2,1-2H3,(H,20,22). The number of carbonyl (C=O) groups excluding carboxylic acids is 3. The summed E-state index contributed by atoms with van der Waals surface area (Å²) in [4.78, 5) is 37.3. The van der Waals surface area contributed by atoms with Crippen LogP contribution in [-0.4, -0.2) is 49.5 Å². The first-order valence-electron chi connectivity index (χ1n) is 8.48. The van der Waals surface area contributed by atoms with Crippen molar-refractivity contribution in [2.45, 2.75) is 32.6 Å². The molecule has 0 unspecified atom stereocenters. The van der Waals surface area contributed by atoms with E-state index in [0.29, 0.717) is 29.4 Å². The third kappa shape index (κ3) is 5.62. The molecule has 1 aliphatic heterocycles. The van der Waals surface area contributed by atoms with Crippen molar-refractivity contribution in [2.75, 3.05) is 32.1 Å². The van der Waals surface area contributed by atoms with Crippen molar-refractivity contribution in [3.05, 3.63) is 22.7 Å². The van der Waals surface area contributed by atoms with Crippen LogP contribution in [0.1, 0.15) is 31.2 Å². The first kappa shape index (κ1) is 20.0. The molecule has 1 heterocycles. The zero-order valence-electron chi connectivity index (χ0n) is 15.0. The number of methoxy groups -OCH3 is 1. The van der Waals surface area contributed by atoms with Crippen LogP contribution in [0, 0.1) is 6.92 Å². The Morgan fingerprint density at radius 1 is 1.27 bits per heavy atom. The van der Waals surface area contributed by atoms with E-state index in [0.717, 1.165) is 24.8 Å². The van der Waals surface area contributed by atoms with Gasteiger partial charge in [0.2, 0.25) is 5.91 Å². The Kier molecular flexibility index (Phi) is 7.26. The maximum absolute atomic E-state index is 12.0. The van der Waals surface area contributed by atoms with Crippen LogP contribution < -0.4 is 10.1 Å². The van der Waals surface area contributed by atoms with Gasteiger partial charge in [0.25, 0.3) is 5.91 Å². The number of rotatable bonds is 6. The number of aryl methyl sites for hydroxylation is 1. The van der Waals surface area contributed by atoms with E-state index in [1.165, 1.54) is 12.0 Å².